The Hall–Kier alpha value is -3.73. The fraction of sp³-hybridized carbons (Fsp3) is 0.214. The van der Waals surface area contributed by atoms with Crippen molar-refractivity contribution in [3.8, 4) is 0 Å². The van der Waals surface area contributed by atoms with Gasteiger partial charge in [-0.15, -0.1) is 0 Å². The number of amides is 1. The molecule has 3 aromatic carbocycles. The summed E-state index contributed by atoms with van der Waals surface area (Å²) in [6.07, 6.45) is 4.19. The van der Waals surface area contributed by atoms with Gasteiger partial charge in [0.15, 0.2) is 0 Å². The summed E-state index contributed by atoms with van der Waals surface area (Å²) in [6, 6.07) is 26.8. The maximum absolute atomic E-state index is 13.7. The molecule has 0 saturated carbocycles. The van der Waals surface area contributed by atoms with E-state index in [0.29, 0.717) is 18.7 Å². The molecule has 1 aliphatic rings. The Balaban J connectivity index is 1.34. The van der Waals surface area contributed by atoms with Crippen molar-refractivity contribution in [2.75, 3.05) is 0 Å². The van der Waals surface area contributed by atoms with Crippen molar-refractivity contribution in [1.29, 1.82) is 0 Å². The molecule has 4 nitrogen and oxygen atoms in total. The summed E-state index contributed by atoms with van der Waals surface area (Å²) in [5.41, 5.74) is 3.64. The van der Waals surface area contributed by atoms with Crippen LogP contribution in [0.3, 0.4) is 0 Å². The van der Waals surface area contributed by atoms with Gasteiger partial charge >= 0.3 is 0 Å². The molecule has 1 aromatic heterocycles. The van der Waals surface area contributed by atoms with Crippen molar-refractivity contribution in [2.45, 2.75) is 37.8 Å². The summed E-state index contributed by atoms with van der Waals surface area (Å²) in [6.45, 7) is 0.700. The average molecular weight is 440 g/mol. The second-order valence-electron chi connectivity index (χ2n) is 8.61. The predicted molar refractivity (Wildman–Crippen MR) is 126 cm³/mol. The highest BCUT2D eigenvalue weighted by atomic mass is 19.1. The normalized spacial score (nSPS) is 16.1. The molecule has 0 saturated heterocycles. The van der Waals surface area contributed by atoms with E-state index < -0.39 is 0 Å². The van der Waals surface area contributed by atoms with Crippen LogP contribution in [-0.2, 0) is 19.4 Å². The molecule has 1 amide bonds. The topological polar surface area (TPSA) is 46.9 Å². The van der Waals surface area contributed by atoms with Gasteiger partial charge in [-0.2, -0.15) is 0 Å². The summed E-state index contributed by atoms with van der Waals surface area (Å²) < 4.78 is 15.7. The molecule has 1 N–H and O–H groups in total. The monoisotopic (exact) mass is 439 g/mol. The SMILES string of the molecule is O=C(N[C@@H](Cc1ccccc1)c1ccccc1)c1cn2c(n1)CC[C@@H](c1cccc(F)c1)C2. The van der Waals surface area contributed by atoms with Crippen LogP contribution in [0.2, 0.25) is 0 Å². The largest absolute Gasteiger partial charge is 0.344 e. The van der Waals surface area contributed by atoms with Crippen molar-refractivity contribution in [3.63, 3.8) is 0 Å². The molecule has 33 heavy (non-hydrogen) atoms. The molecule has 2 heterocycles. The lowest BCUT2D eigenvalue weighted by Crippen LogP contribution is -2.30. The molecule has 0 spiro atoms. The third-order valence-electron chi connectivity index (χ3n) is 6.34. The standard InChI is InChI=1S/C28H26FN3O/c29-24-13-7-12-22(17-24)23-14-15-27-30-26(19-32(27)18-23)28(33)31-25(21-10-5-2-6-11-21)16-20-8-3-1-4-9-20/h1-13,17,19,23,25H,14-16,18H2,(H,31,33)/t23-,25+/m1/s1. The molecule has 166 valence electrons. The van der Waals surface area contributed by atoms with Gasteiger partial charge in [0.05, 0.1) is 6.04 Å². The Morgan fingerprint density at radius 2 is 1.79 bits per heavy atom. The minimum absolute atomic E-state index is 0.153. The van der Waals surface area contributed by atoms with E-state index in [0.717, 1.165) is 35.4 Å². The van der Waals surface area contributed by atoms with Crippen molar-refractivity contribution < 1.29 is 9.18 Å². The summed E-state index contributed by atoms with van der Waals surface area (Å²) in [7, 11) is 0. The molecule has 0 radical (unpaired) electrons. The Labute approximate surface area is 193 Å². The number of imidazole rings is 1. The van der Waals surface area contributed by atoms with Crippen LogP contribution in [0.5, 0.6) is 0 Å². The minimum atomic E-state index is -0.214. The smallest absolute Gasteiger partial charge is 0.271 e. The van der Waals surface area contributed by atoms with Gasteiger partial charge in [-0.25, -0.2) is 9.37 Å². The fourth-order valence-corrected chi connectivity index (χ4v) is 4.61. The Morgan fingerprint density at radius 3 is 2.55 bits per heavy atom. The maximum atomic E-state index is 13.7. The van der Waals surface area contributed by atoms with Gasteiger partial charge in [0, 0.05) is 25.1 Å². The first-order valence-corrected chi connectivity index (χ1v) is 11.4. The lowest BCUT2D eigenvalue weighted by Gasteiger charge is -2.24. The third-order valence-corrected chi connectivity index (χ3v) is 6.34. The highest BCUT2D eigenvalue weighted by Gasteiger charge is 2.25. The fourth-order valence-electron chi connectivity index (χ4n) is 4.61. The molecular formula is C28H26FN3O. The van der Waals surface area contributed by atoms with Crippen molar-refractivity contribution >= 4 is 5.91 Å². The predicted octanol–water partition coefficient (Wildman–Crippen LogP) is 5.47. The highest BCUT2D eigenvalue weighted by molar-refractivity contribution is 5.92. The Bertz CT molecular complexity index is 1240. The summed E-state index contributed by atoms with van der Waals surface area (Å²) >= 11 is 0. The van der Waals surface area contributed by atoms with Gasteiger partial charge in [0.1, 0.15) is 17.3 Å². The van der Waals surface area contributed by atoms with Crippen LogP contribution >= 0.6 is 0 Å². The van der Waals surface area contributed by atoms with E-state index in [-0.39, 0.29) is 23.7 Å². The van der Waals surface area contributed by atoms with E-state index in [2.05, 4.69) is 22.4 Å². The molecule has 1 aliphatic heterocycles. The maximum Gasteiger partial charge on any atom is 0.271 e. The number of fused-ring (bicyclic) bond motifs is 1. The molecule has 5 rings (SSSR count). The number of benzene rings is 3. The van der Waals surface area contributed by atoms with Gasteiger partial charge in [-0.3, -0.25) is 4.79 Å². The molecule has 0 bridgehead atoms. The zero-order chi connectivity index (χ0) is 22.6. The van der Waals surface area contributed by atoms with Gasteiger partial charge in [0.25, 0.3) is 5.91 Å². The number of carbonyl (C=O) groups is 1. The second-order valence-corrected chi connectivity index (χ2v) is 8.61. The first kappa shape index (κ1) is 21.1. The molecular weight excluding hydrogens is 413 g/mol. The Kier molecular flexibility index (Phi) is 6.03. The van der Waals surface area contributed by atoms with Crippen LogP contribution in [-0.4, -0.2) is 15.5 Å². The zero-order valence-electron chi connectivity index (χ0n) is 18.3. The number of aryl methyl sites for hydroxylation is 1. The third kappa shape index (κ3) is 4.87. The number of nitrogens with one attached hydrogen (secondary N) is 1. The minimum Gasteiger partial charge on any atom is -0.344 e. The lowest BCUT2D eigenvalue weighted by atomic mass is 9.91. The number of halogens is 1. The number of aromatic nitrogens is 2. The van der Waals surface area contributed by atoms with Crippen molar-refractivity contribution in [3.05, 3.63) is 125 Å². The highest BCUT2D eigenvalue weighted by Crippen LogP contribution is 2.29. The van der Waals surface area contributed by atoms with Crippen LogP contribution in [0.4, 0.5) is 4.39 Å². The molecule has 0 aliphatic carbocycles. The molecule has 4 aromatic rings. The zero-order valence-corrected chi connectivity index (χ0v) is 18.3. The quantitative estimate of drug-likeness (QED) is 0.433. The number of hydrogen-bond donors (Lipinski definition) is 1. The van der Waals surface area contributed by atoms with Gasteiger partial charge < -0.3 is 9.88 Å². The van der Waals surface area contributed by atoms with Crippen LogP contribution < -0.4 is 5.32 Å². The van der Waals surface area contributed by atoms with Crippen molar-refractivity contribution in [2.24, 2.45) is 0 Å². The van der Waals surface area contributed by atoms with E-state index in [9.17, 15) is 9.18 Å². The van der Waals surface area contributed by atoms with Gasteiger partial charge in [-0.1, -0.05) is 72.8 Å². The first-order valence-electron chi connectivity index (χ1n) is 11.4. The lowest BCUT2D eigenvalue weighted by molar-refractivity contribution is 0.0931. The van der Waals surface area contributed by atoms with Crippen LogP contribution in [0.15, 0.2) is 91.1 Å². The van der Waals surface area contributed by atoms with Crippen molar-refractivity contribution in [1.82, 2.24) is 14.9 Å². The van der Waals surface area contributed by atoms with E-state index in [1.165, 1.54) is 6.07 Å². The van der Waals surface area contributed by atoms with Gasteiger partial charge in [0.2, 0.25) is 0 Å². The number of hydrogen-bond acceptors (Lipinski definition) is 2. The summed E-state index contributed by atoms with van der Waals surface area (Å²) in [5.74, 6) is 0.735. The Morgan fingerprint density at radius 1 is 1.03 bits per heavy atom. The summed E-state index contributed by atoms with van der Waals surface area (Å²) in [5, 5.41) is 3.19. The first-order chi connectivity index (χ1) is 16.2. The van der Waals surface area contributed by atoms with Crippen LogP contribution in [0.1, 0.15) is 51.4 Å². The van der Waals surface area contributed by atoms with Gasteiger partial charge in [-0.05, 0) is 41.7 Å². The summed E-state index contributed by atoms with van der Waals surface area (Å²) in [4.78, 5) is 17.8. The number of rotatable bonds is 6. The molecule has 2 atom stereocenters. The molecule has 5 heteroatoms. The van der Waals surface area contributed by atoms with E-state index >= 15 is 0 Å². The van der Waals surface area contributed by atoms with Crippen LogP contribution in [0, 0.1) is 5.82 Å². The molecule has 0 unspecified atom stereocenters. The van der Waals surface area contributed by atoms with E-state index in [1.807, 2.05) is 65.4 Å². The second kappa shape index (κ2) is 9.41. The number of carbonyl (C=O) groups excluding carboxylic acids is 1. The van der Waals surface area contributed by atoms with E-state index in [4.69, 9.17) is 0 Å². The molecule has 0 fully saturated rings. The average Bonchev–Trinajstić information content (AvgIpc) is 3.28. The number of nitrogens with zero attached hydrogens (tertiary/aromatic N) is 2. The van der Waals surface area contributed by atoms with Crippen LogP contribution in [0.25, 0.3) is 0 Å². The van der Waals surface area contributed by atoms with E-state index in [1.54, 1.807) is 12.1 Å².